The Bertz CT molecular complexity index is 766. The van der Waals surface area contributed by atoms with E-state index < -0.39 is 23.1 Å². The summed E-state index contributed by atoms with van der Waals surface area (Å²) in [6, 6.07) is 6.32. The van der Waals surface area contributed by atoms with E-state index in [9.17, 15) is 14.0 Å². The Morgan fingerprint density at radius 1 is 1.24 bits per heavy atom. The molecule has 0 bridgehead atoms. The minimum atomic E-state index is -0.642. The molecule has 2 saturated heterocycles. The van der Waals surface area contributed by atoms with Crippen molar-refractivity contribution in [2.75, 3.05) is 24.5 Å². The van der Waals surface area contributed by atoms with Gasteiger partial charge in [0.25, 0.3) is 5.91 Å². The molecule has 2 amide bonds. The van der Waals surface area contributed by atoms with Gasteiger partial charge in [-0.15, -0.1) is 0 Å². The van der Waals surface area contributed by atoms with Gasteiger partial charge in [0.05, 0.1) is 17.8 Å². The molecule has 1 aromatic rings. The van der Waals surface area contributed by atoms with E-state index in [0.717, 1.165) is 0 Å². The largest absolute Gasteiger partial charge is 0.444 e. The molecule has 3 rings (SSSR count). The predicted molar refractivity (Wildman–Crippen MR) is 108 cm³/mol. The van der Waals surface area contributed by atoms with Crippen LogP contribution in [0.2, 0.25) is 0 Å². The number of anilines is 1. The number of piperidine rings is 1. The minimum Gasteiger partial charge on any atom is -0.444 e. The van der Waals surface area contributed by atoms with Crippen LogP contribution < -0.4 is 4.90 Å². The molecule has 1 spiro atoms. The third-order valence-electron chi connectivity index (χ3n) is 5.41. The van der Waals surface area contributed by atoms with Crippen molar-refractivity contribution >= 4 is 17.7 Å². The fourth-order valence-electron chi connectivity index (χ4n) is 3.87. The molecular formula is C22H31FN2O4. The fourth-order valence-corrected chi connectivity index (χ4v) is 3.87. The summed E-state index contributed by atoms with van der Waals surface area (Å²) in [7, 11) is 0. The van der Waals surface area contributed by atoms with Crippen molar-refractivity contribution in [2.45, 2.75) is 64.8 Å². The highest BCUT2D eigenvalue weighted by Gasteiger charge is 2.49. The maximum absolute atomic E-state index is 14.5. The standard InChI is InChI=1S/C22H31FN2O4/c1-15(2)18-19(26)25(17-9-7-6-8-16(17)23)14-22(28-18)10-12-24(13-11-22)20(27)29-21(3,4)5/h6-9,15,18H,10-14H2,1-5H3. The third-order valence-corrected chi connectivity index (χ3v) is 5.41. The number of likely N-dealkylation sites (tertiary alicyclic amines) is 1. The molecule has 160 valence electrons. The van der Waals surface area contributed by atoms with Crippen LogP contribution in [0.1, 0.15) is 47.5 Å². The molecule has 0 N–H and O–H groups in total. The summed E-state index contributed by atoms with van der Waals surface area (Å²) in [6.07, 6.45) is 0.142. The van der Waals surface area contributed by atoms with Crippen molar-refractivity contribution in [3.8, 4) is 0 Å². The van der Waals surface area contributed by atoms with Crippen LogP contribution in [0.15, 0.2) is 24.3 Å². The minimum absolute atomic E-state index is 0.0437. The highest BCUT2D eigenvalue weighted by molar-refractivity contribution is 5.97. The Kier molecular flexibility index (Phi) is 5.90. The van der Waals surface area contributed by atoms with Crippen molar-refractivity contribution in [1.29, 1.82) is 0 Å². The molecule has 2 aliphatic rings. The van der Waals surface area contributed by atoms with Crippen molar-refractivity contribution in [3.05, 3.63) is 30.1 Å². The number of hydrogen-bond acceptors (Lipinski definition) is 4. The Labute approximate surface area is 171 Å². The van der Waals surface area contributed by atoms with E-state index >= 15 is 0 Å². The van der Waals surface area contributed by atoms with E-state index in [4.69, 9.17) is 9.47 Å². The average Bonchev–Trinajstić information content (AvgIpc) is 2.63. The molecule has 0 aromatic heterocycles. The lowest BCUT2D eigenvalue weighted by Gasteiger charge is -2.50. The number of para-hydroxylation sites is 1. The van der Waals surface area contributed by atoms with E-state index in [1.807, 2.05) is 34.6 Å². The van der Waals surface area contributed by atoms with E-state index in [2.05, 4.69) is 0 Å². The van der Waals surface area contributed by atoms with E-state index in [1.54, 1.807) is 23.1 Å². The Morgan fingerprint density at radius 3 is 2.41 bits per heavy atom. The van der Waals surface area contributed by atoms with Crippen LogP contribution in [-0.4, -0.2) is 53.8 Å². The summed E-state index contributed by atoms with van der Waals surface area (Å²) in [4.78, 5) is 28.6. The monoisotopic (exact) mass is 406 g/mol. The lowest BCUT2D eigenvalue weighted by atomic mass is 9.87. The van der Waals surface area contributed by atoms with Crippen LogP contribution in [-0.2, 0) is 14.3 Å². The molecule has 1 atom stereocenters. The van der Waals surface area contributed by atoms with Gasteiger partial charge in [0, 0.05) is 13.1 Å². The molecule has 2 aliphatic heterocycles. The summed E-state index contributed by atoms with van der Waals surface area (Å²) < 4.78 is 26.2. The zero-order valence-electron chi connectivity index (χ0n) is 17.9. The maximum Gasteiger partial charge on any atom is 0.410 e. The number of carbonyl (C=O) groups excluding carboxylic acids is 2. The van der Waals surface area contributed by atoms with Crippen molar-refractivity contribution in [1.82, 2.24) is 4.90 Å². The number of nitrogens with zero attached hydrogens (tertiary/aromatic N) is 2. The molecule has 2 heterocycles. The van der Waals surface area contributed by atoms with Crippen LogP contribution in [0.5, 0.6) is 0 Å². The molecule has 29 heavy (non-hydrogen) atoms. The van der Waals surface area contributed by atoms with Gasteiger partial charge in [-0.1, -0.05) is 26.0 Å². The number of morpholine rings is 1. The van der Waals surface area contributed by atoms with Crippen molar-refractivity contribution < 1.29 is 23.5 Å². The number of halogens is 1. The van der Waals surface area contributed by atoms with Crippen LogP contribution >= 0.6 is 0 Å². The summed E-state index contributed by atoms with van der Waals surface area (Å²) in [5.41, 5.74) is -0.881. The van der Waals surface area contributed by atoms with Gasteiger partial charge in [-0.05, 0) is 51.7 Å². The highest BCUT2D eigenvalue weighted by atomic mass is 19.1. The predicted octanol–water partition coefficient (Wildman–Crippen LogP) is 3.98. The Morgan fingerprint density at radius 2 is 1.86 bits per heavy atom. The molecule has 1 aromatic carbocycles. The second kappa shape index (κ2) is 7.94. The quantitative estimate of drug-likeness (QED) is 0.745. The molecule has 1 unspecified atom stereocenters. The lowest BCUT2D eigenvalue weighted by molar-refractivity contribution is -0.171. The zero-order chi connectivity index (χ0) is 21.4. The topological polar surface area (TPSA) is 59.1 Å². The van der Waals surface area contributed by atoms with Crippen LogP contribution in [0.3, 0.4) is 0 Å². The third kappa shape index (κ3) is 4.71. The van der Waals surface area contributed by atoms with E-state index in [1.165, 1.54) is 11.0 Å². The number of benzene rings is 1. The first-order valence-electron chi connectivity index (χ1n) is 10.2. The normalized spacial score (nSPS) is 22.3. The summed E-state index contributed by atoms with van der Waals surface area (Å²) in [5.74, 6) is -0.685. The number of carbonyl (C=O) groups is 2. The van der Waals surface area contributed by atoms with Crippen molar-refractivity contribution in [2.24, 2.45) is 5.92 Å². The van der Waals surface area contributed by atoms with Crippen LogP contribution in [0, 0.1) is 11.7 Å². The SMILES string of the molecule is CC(C)C1OC2(CCN(C(=O)OC(C)(C)C)CC2)CN(c2ccccc2F)C1=O. The summed E-state index contributed by atoms with van der Waals surface area (Å²) in [5, 5.41) is 0. The molecule has 6 nitrogen and oxygen atoms in total. The van der Waals surface area contributed by atoms with Gasteiger partial charge < -0.3 is 19.3 Å². The first-order chi connectivity index (χ1) is 13.5. The van der Waals surface area contributed by atoms with Crippen LogP contribution in [0.25, 0.3) is 0 Å². The Hall–Kier alpha value is -2.15. The molecule has 7 heteroatoms. The summed E-state index contributed by atoms with van der Waals surface area (Å²) >= 11 is 0. The average molecular weight is 406 g/mol. The van der Waals surface area contributed by atoms with Crippen molar-refractivity contribution in [3.63, 3.8) is 0 Å². The number of hydrogen-bond donors (Lipinski definition) is 0. The molecule has 0 aliphatic carbocycles. The first kappa shape index (κ1) is 21.6. The molecular weight excluding hydrogens is 375 g/mol. The Balaban J connectivity index is 1.80. The number of amides is 2. The summed E-state index contributed by atoms with van der Waals surface area (Å²) in [6.45, 7) is 10.6. The smallest absolute Gasteiger partial charge is 0.410 e. The highest BCUT2D eigenvalue weighted by Crippen LogP contribution is 2.37. The van der Waals surface area contributed by atoms with Gasteiger partial charge >= 0.3 is 6.09 Å². The number of rotatable bonds is 2. The maximum atomic E-state index is 14.5. The lowest BCUT2D eigenvalue weighted by Crippen LogP contribution is -2.63. The molecule has 0 radical (unpaired) electrons. The second-order valence-electron chi connectivity index (χ2n) is 9.31. The number of ether oxygens (including phenoxy) is 2. The second-order valence-corrected chi connectivity index (χ2v) is 9.31. The van der Waals surface area contributed by atoms with Crippen LogP contribution in [0.4, 0.5) is 14.9 Å². The zero-order valence-corrected chi connectivity index (χ0v) is 17.9. The van der Waals surface area contributed by atoms with Gasteiger partial charge in [0.15, 0.2) is 0 Å². The van der Waals surface area contributed by atoms with Gasteiger partial charge in [-0.3, -0.25) is 4.79 Å². The van der Waals surface area contributed by atoms with E-state index in [-0.39, 0.29) is 30.2 Å². The van der Waals surface area contributed by atoms with E-state index in [0.29, 0.717) is 25.9 Å². The van der Waals surface area contributed by atoms with Gasteiger partial charge in [0.2, 0.25) is 0 Å². The fraction of sp³-hybridized carbons (Fsp3) is 0.636. The molecule has 2 fully saturated rings. The first-order valence-corrected chi connectivity index (χ1v) is 10.2. The van der Waals surface area contributed by atoms with Gasteiger partial charge in [0.1, 0.15) is 17.5 Å². The van der Waals surface area contributed by atoms with Gasteiger partial charge in [-0.2, -0.15) is 0 Å². The molecule has 0 saturated carbocycles. The van der Waals surface area contributed by atoms with Gasteiger partial charge in [-0.25, -0.2) is 9.18 Å².